The Morgan fingerprint density at radius 2 is 1.29 bits per heavy atom. The van der Waals surface area contributed by atoms with E-state index in [1.807, 2.05) is 72.8 Å². The molecule has 0 unspecified atom stereocenters. The molecule has 2 N–H and O–H groups in total. The van der Waals surface area contributed by atoms with Crippen LogP contribution in [-0.2, 0) is 6.42 Å². The second kappa shape index (κ2) is 8.13. The van der Waals surface area contributed by atoms with E-state index in [2.05, 4.69) is 13.8 Å². The van der Waals surface area contributed by atoms with Gasteiger partial charge in [0.15, 0.2) is 0 Å². The van der Waals surface area contributed by atoms with Gasteiger partial charge >= 0.3 is 5.97 Å². The largest absolute Gasteiger partial charge is 0.478 e. The predicted octanol–water partition coefficient (Wildman–Crippen LogP) is 3.85. The van der Waals surface area contributed by atoms with Crippen LogP contribution in [0.5, 0.6) is 0 Å². The molecular formula is C24H26O3Si. The normalized spacial score (nSPS) is 12.0. The molecule has 0 fully saturated rings. The fourth-order valence-corrected chi connectivity index (χ4v) is 7.61. The van der Waals surface area contributed by atoms with Crippen LogP contribution >= 0.6 is 0 Å². The van der Waals surface area contributed by atoms with Crippen molar-refractivity contribution < 1.29 is 14.7 Å². The van der Waals surface area contributed by atoms with Crippen LogP contribution in [0, 0.1) is 0 Å². The van der Waals surface area contributed by atoms with Crippen LogP contribution in [0.1, 0.15) is 36.2 Å². The number of hydrogen-bond donors (Lipinski definition) is 2. The van der Waals surface area contributed by atoms with E-state index < -0.39 is 19.3 Å². The Labute approximate surface area is 167 Å². The summed E-state index contributed by atoms with van der Waals surface area (Å²) in [6.45, 7) is 4.20. The summed E-state index contributed by atoms with van der Waals surface area (Å²) < 4.78 is 0. The lowest BCUT2D eigenvalue weighted by Gasteiger charge is -2.41. The van der Waals surface area contributed by atoms with Gasteiger partial charge in [0.1, 0.15) is 0 Å². The van der Waals surface area contributed by atoms with E-state index in [4.69, 9.17) is 0 Å². The SMILES string of the molecule is CC(C)(CCc1ccccc1C(=O)O)[Si](O)(c1ccccc1)c1ccccc1. The fraction of sp³-hybridized carbons (Fsp3) is 0.208. The van der Waals surface area contributed by atoms with Crippen LogP contribution in [0.25, 0.3) is 0 Å². The lowest BCUT2D eigenvalue weighted by atomic mass is 9.98. The third-order valence-electron chi connectivity index (χ3n) is 5.63. The van der Waals surface area contributed by atoms with Gasteiger partial charge < -0.3 is 9.90 Å². The summed E-state index contributed by atoms with van der Waals surface area (Å²) in [7, 11) is -3.08. The highest BCUT2D eigenvalue weighted by atomic mass is 28.4. The third kappa shape index (κ3) is 3.79. The molecule has 0 amide bonds. The van der Waals surface area contributed by atoms with E-state index in [1.54, 1.807) is 12.1 Å². The number of carboxylic acids is 1. The molecule has 0 heterocycles. The molecule has 0 saturated heterocycles. The van der Waals surface area contributed by atoms with Crippen molar-refractivity contribution in [2.45, 2.75) is 31.7 Å². The minimum Gasteiger partial charge on any atom is -0.478 e. The number of aromatic carboxylic acids is 1. The van der Waals surface area contributed by atoms with Gasteiger partial charge in [-0.25, -0.2) is 4.79 Å². The molecule has 4 heteroatoms. The quantitative estimate of drug-likeness (QED) is 0.603. The maximum Gasteiger partial charge on any atom is 0.335 e. The molecule has 0 bridgehead atoms. The first-order valence-electron chi connectivity index (χ1n) is 9.51. The molecule has 28 heavy (non-hydrogen) atoms. The summed E-state index contributed by atoms with van der Waals surface area (Å²) in [5, 5.41) is 11.0. The Bertz CT molecular complexity index is 897. The van der Waals surface area contributed by atoms with E-state index in [9.17, 15) is 14.7 Å². The highest BCUT2D eigenvalue weighted by Crippen LogP contribution is 2.40. The van der Waals surface area contributed by atoms with Crippen molar-refractivity contribution in [3.05, 3.63) is 96.1 Å². The first kappa shape index (κ1) is 20.1. The number of carbonyl (C=O) groups is 1. The summed E-state index contributed by atoms with van der Waals surface area (Å²) in [5.74, 6) is -0.910. The Kier molecular flexibility index (Phi) is 5.82. The molecule has 3 aromatic rings. The van der Waals surface area contributed by atoms with E-state index in [0.717, 1.165) is 15.9 Å². The standard InChI is InChI=1S/C24H26O3Si/c1-24(2,18-17-19-11-9-10-16-22(19)23(25)26)28(27,20-12-5-3-6-13-20)21-14-7-4-8-15-21/h3-16,27H,17-18H2,1-2H3,(H,25,26). The molecule has 3 nitrogen and oxygen atoms in total. The molecule has 0 aliphatic carbocycles. The van der Waals surface area contributed by atoms with E-state index >= 15 is 0 Å². The molecule has 0 aromatic heterocycles. The molecule has 0 aliphatic heterocycles. The van der Waals surface area contributed by atoms with Gasteiger partial charge in [-0.05, 0) is 39.9 Å². The minimum atomic E-state index is -3.08. The Morgan fingerprint density at radius 3 is 1.79 bits per heavy atom. The number of rotatable bonds is 7. The fourth-order valence-electron chi connectivity index (χ4n) is 3.88. The maximum atomic E-state index is 12.2. The summed E-state index contributed by atoms with van der Waals surface area (Å²) in [6, 6.07) is 26.9. The predicted molar refractivity (Wildman–Crippen MR) is 116 cm³/mol. The minimum absolute atomic E-state index is 0.336. The van der Waals surface area contributed by atoms with Gasteiger partial charge in [-0.2, -0.15) is 0 Å². The molecule has 3 aromatic carbocycles. The van der Waals surface area contributed by atoms with Crippen LogP contribution in [0.15, 0.2) is 84.9 Å². The van der Waals surface area contributed by atoms with Gasteiger partial charge in [-0.3, -0.25) is 0 Å². The topological polar surface area (TPSA) is 57.5 Å². The molecule has 0 spiro atoms. The maximum absolute atomic E-state index is 12.2. The second-order valence-electron chi connectivity index (χ2n) is 7.79. The molecular weight excluding hydrogens is 364 g/mol. The number of carboxylic acid groups (broad SMARTS) is 1. The second-order valence-corrected chi connectivity index (χ2v) is 11.7. The Hall–Kier alpha value is -2.69. The summed E-state index contributed by atoms with van der Waals surface area (Å²) >= 11 is 0. The van der Waals surface area contributed by atoms with Crippen molar-refractivity contribution in [3.63, 3.8) is 0 Å². The number of benzene rings is 3. The van der Waals surface area contributed by atoms with Crippen LogP contribution < -0.4 is 10.4 Å². The monoisotopic (exact) mass is 390 g/mol. The number of aryl methyl sites for hydroxylation is 1. The van der Waals surface area contributed by atoms with E-state index in [0.29, 0.717) is 18.4 Å². The van der Waals surface area contributed by atoms with E-state index in [1.165, 1.54) is 0 Å². The van der Waals surface area contributed by atoms with E-state index in [-0.39, 0.29) is 0 Å². The smallest absolute Gasteiger partial charge is 0.335 e. The zero-order chi connectivity index (χ0) is 20.2. The van der Waals surface area contributed by atoms with Crippen molar-refractivity contribution in [2.75, 3.05) is 0 Å². The first-order chi connectivity index (χ1) is 13.4. The summed E-state index contributed by atoms with van der Waals surface area (Å²) in [6.07, 6.45) is 1.29. The van der Waals surface area contributed by atoms with Gasteiger partial charge in [0, 0.05) is 0 Å². The average molecular weight is 391 g/mol. The zero-order valence-electron chi connectivity index (χ0n) is 16.3. The van der Waals surface area contributed by atoms with Gasteiger partial charge in [0.25, 0.3) is 8.32 Å². The van der Waals surface area contributed by atoms with Crippen molar-refractivity contribution in [2.24, 2.45) is 0 Å². The van der Waals surface area contributed by atoms with Crippen LogP contribution in [0.3, 0.4) is 0 Å². The molecule has 144 valence electrons. The Morgan fingerprint density at radius 1 is 0.821 bits per heavy atom. The lowest BCUT2D eigenvalue weighted by molar-refractivity contribution is 0.0695. The van der Waals surface area contributed by atoms with Crippen molar-refractivity contribution >= 4 is 24.7 Å². The third-order valence-corrected chi connectivity index (χ3v) is 10.2. The molecule has 0 aliphatic rings. The summed E-state index contributed by atoms with van der Waals surface area (Å²) in [4.78, 5) is 23.7. The van der Waals surface area contributed by atoms with Gasteiger partial charge in [0.2, 0.25) is 0 Å². The highest BCUT2D eigenvalue weighted by Gasteiger charge is 2.49. The lowest BCUT2D eigenvalue weighted by Crippen LogP contribution is -2.65. The molecule has 0 radical (unpaired) electrons. The number of hydrogen-bond acceptors (Lipinski definition) is 2. The summed E-state index contributed by atoms with van der Waals surface area (Å²) in [5.41, 5.74) is 1.14. The average Bonchev–Trinajstić information content (AvgIpc) is 2.73. The molecule has 3 rings (SSSR count). The van der Waals surface area contributed by atoms with Crippen LogP contribution in [-0.4, -0.2) is 24.2 Å². The first-order valence-corrected chi connectivity index (χ1v) is 11.5. The van der Waals surface area contributed by atoms with Crippen LogP contribution in [0.4, 0.5) is 0 Å². The molecule has 0 atom stereocenters. The van der Waals surface area contributed by atoms with Gasteiger partial charge in [-0.15, -0.1) is 0 Å². The van der Waals surface area contributed by atoms with Crippen LogP contribution in [0.2, 0.25) is 5.04 Å². The van der Waals surface area contributed by atoms with Gasteiger partial charge in [-0.1, -0.05) is 92.7 Å². The molecule has 0 saturated carbocycles. The highest BCUT2D eigenvalue weighted by molar-refractivity contribution is 6.98. The van der Waals surface area contributed by atoms with Crippen molar-refractivity contribution in [1.29, 1.82) is 0 Å². The van der Waals surface area contributed by atoms with Gasteiger partial charge in [0.05, 0.1) is 5.56 Å². The van der Waals surface area contributed by atoms with Crippen molar-refractivity contribution in [1.82, 2.24) is 0 Å². The Balaban J connectivity index is 1.99. The zero-order valence-corrected chi connectivity index (χ0v) is 17.3. The van der Waals surface area contributed by atoms with Crippen molar-refractivity contribution in [3.8, 4) is 0 Å².